The van der Waals surface area contributed by atoms with E-state index in [2.05, 4.69) is 5.32 Å². The Morgan fingerprint density at radius 2 is 1.76 bits per heavy atom. The average molecular weight is 291 g/mol. The highest BCUT2D eigenvalue weighted by Crippen LogP contribution is 2.14. The van der Waals surface area contributed by atoms with Crippen LogP contribution in [0.1, 0.15) is 25.8 Å². The molecular formula is C16H21NO4. The molecule has 114 valence electrons. The molecule has 0 saturated carbocycles. The molecule has 0 aliphatic rings. The highest BCUT2D eigenvalue weighted by atomic mass is 16.5. The van der Waals surface area contributed by atoms with Gasteiger partial charge in [0.25, 0.3) is 0 Å². The van der Waals surface area contributed by atoms with E-state index in [0.29, 0.717) is 25.3 Å². The van der Waals surface area contributed by atoms with Crippen LogP contribution in [0.3, 0.4) is 0 Å². The zero-order chi connectivity index (χ0) is 15.5. The lowest BCUT2D eigenvalue weighted by Crippen LogP contribution is -2.17. The second-order valence-corrected chi connectivity index (χ2v) is 4.15. The van der Waals surface area contributed by atoms with Crippen LogP contribution in [0.15, 0.2) is 36.5 Å². The van der Waals surface area contributed by atoms with Gasteiger partial charge in [-0.3, -0.25) is 4.79 Å². The molecule has 0 atom stereocenters. The Balaban J connectivity index is 2.67. The maximum Gasteiger partial charge on any atom is 0.340 e. The minimum atomic E-state index is -0.396. The Morgan fingerprint density at radius 1 is 1.10 bits per heavy atom. The van der Waals surface area contributed by atoms with Crippen LogP contribution < -0.4 is 5.32 Å². The summed E-state index contributed by atoms with van der Waals surface area (Å²) in [5.74, 6) is -0.664. The van der Waals surface area contributed by atoms with Crippen LogP contribution in [0.5, 0.6) is 0 Å². The fraction of sp³-hybridized carbons (Fsp3) is 0.375. The molecule has 5 heteroatoms. The number of hydrogen-bond donors (Lipinski definition) is 1. The van der Waals surface area contributed by atoms with Gasteiger partial charge in [0.2, 0.25) is 0 Å². The molecule has 0 aliphatic heterocycles. The second kappa shape index (κ2) is 9.58. The van der Waals surface area contributed by atoms with E-state index in [1.807, 2.05) is 30.3 Å². The summed E-state index contributed by atoms with van der Waals surface area (Å²) < 4.78 is 9.86. The van der Waals surface area contributed by atoms with Gasteiger partial charge in [-0.1, -0.05) is 30.3 Å². The van der Waals surface area contributed by atoms with Gasteiger partial charge in [0, 0.05) is 12.7 Å². The van der Waals surface area contributed by atoms with Gasteiger partial charge < -0.3 is 14.8 Å². The molecular weight excluding hydrogens is 270 g/mol. The molecule has 1 N–H and O–H groups in total. The standard InChI is InChI=1S/C16H21NO4/c1-3-20-15(18)10-11-17-12-14(16(19)21-4-2)13-8-6-5-7-9-13/h5-9,12,17H,3-4,10-11H2,1-2H3. The van der Waals surface area contributed by atoms with Crippen molar-refractivity contribution in [1.82, 2.24) is 5.32 Å². The van der Waals surface area contributed by atoms with Crippen molar-refractivity contribution in [2.75, 3.05) is 19.8 Å². The largest absolute Gasteiger partial charge is 0.466 e. The van der Waals surface area contributed by atoms with Crippen LogP contribution in [-0.2, 0) is 19.1 Å². The molecule has 0 bridgehead atoms. The van der Waals surface area contributed by atoms with E-state index in [-0.39, 0.29) is 12.4 Å². The third-order valence-electron chi connectivity index (χ3n) is 2.61. The Bertz CT molecular complexity index is 482. The third-order valence-corrected chi connectivity index (χ3v) is 2.61. The zero-order valence-corrected chi connectivity index (χ0v) is 12.4. The summed E-state index contributed by atoms with van der Waals surface area (Å²) in [7, 11) is 0. The molecule has 0 aliphatic carbocycles. The minimum Gasteiger partial charge on any atom is -0.466 e. The van der Waals surface area contributed by atoms with E-state index >= 15 is 0 Å². The summed E-state index contributed by atoms with van der Waals surface area (Å²) in [6.07, 6.45) is 1.82. The van der Waals surface area contributed by atoms with Gasteiger partial charge in [-0.05, 0) is 19.4 Å². The smallest absolute Gasteiger partial charge is 0.340 e. The van der Waals surface area contributed by atoms with Crippen molar-refractivity contribution in [3.8, 4) is 0 Å². The Kier molecular flexibility index (Phi) is 7.64. The summed E-state index contributed by atoms with van der Waals surface area (Å²) in [6.45, 7) is 4.60. The Morgan fingerprint density at radius 3 is 2.38 bits per heavy atom. The predicted molar refractivity (Wildman–Crippen MR) is 80.3 cm³/mol. The molecule has 0 fully saturated rings. The number of hydrogen-bond acceptors (Lipinski definition) is 5. The molecule has 0 aromatic heterocycles. The van der Waals surface area contributed by atoms with Gasteiger partial charge in [0.05, 0.1) is 25.2 Å². The number of ether oxygens (including phenoxy) is 2. The highest BCUT2D eigenvalue weighted by molar-refractivity contribution is 6.16. The van der Waals surface area contributed by atoms with Crippen molar-refractivity contribution in [3.05, 3.63) is 42.1 Å². The van der Waals surface area contributed by atoms with Crippen LogP contribution in [0.2, 0.25) is 0 Å². The molecule has 1 rings (SSSR count). The topological polar surface area (TPSA) is 64.6 Å². The maximum absolute atomic E-state index is 12.0. The quantitative estimate of drug-likeness (QED) is 0.451. The van der Waals surface area contributed by atoms with Gasteiger partial charge in [-0.25, -0.2) is 4.79 Å². The van der Waals surface area contributed by atoms with Crippen LogP contribution >= 0.6 is 0 Å². The van der Waals surface area contributed by atoms with Crippen molar-refractivity contribution in [3.63, 3.8) is 0 Å². The lowest BCUT2D eigenvalue weighted by Gasteiger charge is -2.08. The SMILES string of the molecule is CCOC(=O)CCNC=C(C(=O)OCC)c1ccccc1. The maximum atomic E-state index is 12.0. The number of esters is 2. The first-order chi connectivity index (χ1) is 10.2. The Labute approximate surface area is 124 Å². The van der Waals surface area contributed by atoms with Crippen LogP contribution in [0, 0.1) is 0 Å². The van der Waals surface area contributed by atoms with E-state index in [1.165, 1.54) is 0 Å². The summed E-state index contributed by atoms with van der Waals surface area (Å²) in [5.41, 5.74) is 1.20. The second-order valence-electron chi connectivity index (χ2n) is 4.15. The molecule has 1 aromatic rings. The number of carbonyl (C=O) groups is 2. The van der Waals surface area contributed by atoms with E-state index in [0.717, 1.165) is 5.56 Å². The van der Waals surface area contributed by atoms with E-state index in [9.17, 15) is 9.59 Å². The molecule has 1 aromatic carbocycles. The van der Waals surface area contributed by atoms with Gasteiger partial charge in [-0.2, -0.15) is 0 Å². The van der Waals surface area contributed by atoms with Gasteiger partial charge in [0.15, 0.2) is 0 Å². The molecule has 0 heterocycles. The Hall–Kier alpha value is -2.30. The van der Waals surface area contributed by atoms with E-state index in [1.54, 1.807) is 20.0 Å². The minimum absolute atomic E-state index is 0.245. The summed E-state index contributed by atoms with van der Waals surface area (Å²) in [4.78, 5) is 23.2. The molecule has 0 radical (unpaired) electrons. The average Bonchev–Trinajstić information content (AvgIpc) is 2.48. The monoisotopic (exact) mass is 291 g/mol. The van der Waals surface area contributed by atoms with Crippen molar-refractivity contribution in [2.45, 2.75) is 20.3 Å². The normalized spacial score (nSPS) is 10.9. The molecule has 0 saturated heterocycles. The lowest BCUT2D eigenvalue weighted by atomic mass is 10.1. The zero-order valence-electron chi connectivity index (χ0n) is 12.4. The lowest BCUT2D eigenvalue weighted by molar-refractivity contribution is -0.143. The van der Waals surface area contributed by atoms with E-state index in [4.69, 9.17) is 9.47 Å². The first-order valence-electron chi connectivity index (χ1n) is 7.00. The van der Waals surface area contributed by atoms with Gasteiger partial charge in [0.1, 0.15) is 0 Å². The number of nitrogens with one attached hydrogen (secondary N) is 1. The number of carbonyl (C=O) groups excluding carboxylic acids is 2. The molecule has 0 spiro atoms. The fourth-order valence-corrected chi connectivity index (χ4v) is 1.67. The first kappa shape index (κ1) is 16.8. The van der Waals surface area contributed by atoms with Crippen molar-refractivity contribution in [2.24, 2.45) is 0 Å². The summed E-state index contributed by atoms with van der Waals surface area (Å²) >= 11 is 0. The summed E-state index contributed by atoms with van der Waals surface area (Å²) in [6, 6.07) is 9.23. The van der Waals surface area contributed by atoms with Gasteiger partial charge >= 0.3 is 11.9 Å². The summed E-state index contributed by atoms with van der Waals surface area (Å²) in [5, 5.41) is 2.95. The van der Waals surface area contributed by atoms with Crippen molar-refractivity contribution >= 4 is 17.5 Å². The van der Waals surface area contributed by atoms with Crippen LogP contribution in [-0.4, -0.2) is 31.7 Å². The van der Waals surface area contributed by atoms with Crippen LogP contribution in [0.4, 0.5) is 0 Å². The molecule has 21 heavy (non-hydrogen) atoms. The first-order valence-corrected chi connectivity index (χ1v) is 7.00. The fourth-order valence-electron chi connectivity index (χ4n) is 1.67. The number of rotatable bonds is 8. The molecule has 0 amide bonds. The van der Waals surface area contributed by atoms with Crippen molar-refractivity contribution < 1.29 is 19.1 Å². The van der Waals surface area contributed by atoms with Crippen LogP contribution in [0.25, 0.3) is 5.57 Å². The van der Waals surface area contributed by atoms with Crippen molar-refractivity contribution in [1.29, 1.82) is 0 Å². The highest BCUT2D eigenvalue weighted by Gasteiger charge is 2.12. The van der Waals surface area contributed by atoms with Gasteiger partial charge in [-0.15, -0.1) is 0 Å². The number of benzene rings is 1. The van der Waals surface area contributed by atoms with E-state index < -0.39 is 5.97 Å². The predicted octanol–water partition coefficient (Wildman–Crippen LogP) is 2.13. The third kappa shape index (κ3) is 6.12. The molecule has 0 unspecified atom stereocenters. The molecule has 5 nitrogen and oxygen atoms in total.